The van der Waals surface area contributed by atoms with Crippen LogP contribution >= 0.6 is 0 Å². The Morgan fingerprint density at radius 1 is 1.37 bits per heavy atom. The molecular weight excluding hydrogens is 236 g/mol. The number of hydrogen-bond acceptors (Lipinski definition) is 2. The van der Waals surface area contributed by atoms with Gasteiger partial charge in [-0.05, 0) is 23.8 Å². The van der Waals surface area contributed by atoms with Gasteiger partial charge in [-0.25, -0.2) is 0 Å². The van der Waals surface area contributed by atoms with E-state index in [0.717, 1.165) is 25.9 Å². The maximum absolute atomic E-state index is 11.9. The molecule has 2 N–H and O–H groups in total. The maximum Gasteiger partial charge on any atom is 0.223 e. The standard InChI is InChI=1S/C16H24N2O/c1-2-13-12-18(16(19)8-10-17)11-9-15(13)14-6-4-3-5-7-14/h3-7,13,15H,2,8-12,17H2,1H3. The zero-order valence-electron chi connectivity index (χ0n) is 11.7. The van der Waals surface area contributed by atoms with E-state index in [9.17, 15) is 4.79 Å². The minimum Gasteiger partial charge on any atom is -0.342 e. The first-order chi connectivity index (χ1) is 9.26. The topological polar surface area (TPSA) is 46.3 Å². The van der Waals surface area contributed by atoms with E-state index in [1.807, 2.05) is 4.90 Å². The molecule has 3 heteroatoms. The fourth-order valence-corrected chi connectivity index (χ4v) is 3.09. The molecule has 1 heterocycles. The molecule has 104 valence electrons. The average Bonchev–Trinajstić information content (AvgIpc) is 2.47. The van der Waals surface area contributed by atoms with Crippen molar-refractivity contribution in [2.45, 2.75) is 32.1 Å². The van der Waals surface area contributed by atoms with Crippen LogP contribution in [0.25, 0.3) is 0 Å². The smallest absolute Gasteiger partial charge is 0.223 e. The van der Waals surface area contributed by atoms with Crippen LogP contribution in [0.5, 0.6) is 0 Å². The Kier molecular flexibility index (Phi) is 4.97. The van der Waals surface area contributed by atoms with Crippen LogP contribution in [0.2, 0.25) is 0 Å². The van der Waals surface area contributed by atoms with E-state index in [0.29, 0.717) is 24.8 Å². The van der Waals surface area contributed by atoms with E-state index in [1.165, 1.54) is 5.56 Å². The number of benzene rings is 1. The molecule has 1 amide bonds. The number of piperidine rings is 1. The van der Waals surface area contributed by atoms with Gasteiger partial charge in [-0.1, -0.05) is 43.7 Å². The highest BCUT2D eigenvalue weighted by atomic mass is 16.2. The van der Waals surface area contributed by atoms with Crippen molar-refractivity contribution >= 4 is 5.91 Å². The molecule has 3 nitrogen and oxygen atoms in total. The summed E-state index contributed by atoms with van der Waals surface area (Å²) >= 11 is 0. The zero-order valence-corrected chi connectivity index (χ0v) is 11.7. The summed E-state index contributed by atoms with van der Waals surface area (Å²) in [7, 11) is 0. The predicted octanol–water partition coefficient (Wildman–Crippen LogP) is 2.38. The van der Waals surface area contributed by atoms with Crippen molar-refractivity contribution in [2.75, 3.05) is 19.6 Å². The third kappa shape index (κ3) is 3.35. The van der Waals surface area contributed by atoms with Gasteiger partial charge in [0.05, 0.1) is 0 Å². The quantitative estimate of drug-likeness (QED) is 0.903. The largest absolute Gasteiger partial charge is 0.342 e. The Bertz CT molecular complexity index is 404. The molecule has 2 unspecified atom stereocenters. The van der Waals surface area contributed by atoms with Gasteiger partial charge >= 0.3 is 0 Å². The summed E-state index contributed by atoms with van der Waals surface area (Å²) in [6.45, 7) is 4.43. The summed E-state index contributed by atoms with van der Waals surface area (Å²) in [6, 6.07) is 10.7. The first-order valence-electron chi connectivity index (χ1n) is 7.29. The van der Waals surface area contributed by atoms with Gasteiger partial charge in [-0.15, -0.1) is 0 Å². The summed E-state index contributed by atoms with van der Waals surface area (Å²) in [5.74, 6) is 1.37. The predicted molar refractivity (Wildman–Crippen MR) is 77.8 cm³/mol. The van der Waals surface area contributed by atoms with Gasteiger partial charge in [-0.2, -0.15) is 0 Å². The van der Waals surface area contributed by atoms with Gasteiger partial charge in [0.2, 0.25) is 5.91 Å². The van der Waals surface area contributed by atoms with Crippen molar-refractivity contribution < 1.29 is 4.79 Å². The second kappa shape index (κ2) is 6.71. The number of rotatable bonds is 4. The Labute approximate surface area is 115 Å². The molecule has 19 heavy (non-hydrogen) atoms. The Hall–Kier alpha value is -1.35. The number of carbonyl (C=O) groups is 1. The molecule has 0 aliphatic carbocycles. The molecule has 1 saturated heterocycles. The van der Waals surface area contributed by atoms with Crippen LogP contribution in [0.3, 0.4) is 0 Å². The van der Waals surface area contributed by atoms with Crippen LogP contribution in [0.4, 0.5) is 0 Å². The van der Waals surface area contributed by atoms with E-state index in [-0.39, 0.29) is 5.91 Å². The number of carbonyl (C=O) groups excluding carboxylic acids is 1. The monoisotopic (exact) mass is 260 g/mol. The summed E-state index contributed by atoms with van der Waals surface area (Å²) in [4.78, 5) is 13.9. The summed E-state index contributed by atoms with van der Waals surface area (Å²) in [6.07, 6.45) is 2.66. The fraction of sp³-hybridized carbons (Fsp3) is 0.562. The second-order valence-corrected chi connectivity index (χ2v) is 5.35. The van der Waals surface area contributed by atoms with Gasteiger partial charge in [-0.3, -0.25) is 4.79 Å². The Morgan fingerprint density at radius 2 is 2.11 bits per heavy atom. The molecule has 1 fully saturated rings. The molecule has 1 aromatic carbocycles. The van der Waals surface area contributed by atoms with E-state index >= 15 is 0 Å². The molecule has 0 spiro atoms. The molecule has 1 aromatic rings. The Balaban J connectivity index is 2.05. The van der Waals surface area contributed by atoms with Gasteiger partial charge in [0, 0.05) is 26.1 Å². The molecule has 0 bridgehead atoms. The SMILES string of the molecule is CCC1CN(C(=O)CCN)CCC1c1ccccc1. The second-order valence-electron chi connectivity index (χ2n) is 5.35. The minimum absolute atomic E-state index is 0.215. The van der Waals surface area contributed by atoms with Gasteiger partial charge in [0.25, 0.3) is 0 Å². The summed E-state index contributed by atoms with van der Waals surface area (Å²) in [5.41, 5.74) is 6.89. The molecular formula is C16H24N2O. The highest BCUT2D eigenvalue weighted by Gasteiger charge is 2.30. The normalized spacial score (nSPS) is 23.4. The summed E-state index contributed by atoms with van der Waals surface area (Å²) < 4.78 is 0. The third-order valence-electron chi connectivity index (χ3n) is 4.20. The average molecular weight is 260 g/mol. The number of likely N-dealkylation sites (tertiary alicyclic amines) is 1. The molecule has 2 rings (SSSR count). The molecule has 0 aromatic heterocycles. The zero-order chi connectivity index (χ0) is 13.7. The van der Waals surface area contributed by atoms with Crippen LogP contribution in [-0.4, -0.2) is 30.4 Å². The van der Waals surface area contributed by atoms with E-state index < -0.39 is 0 Å². The third-order valence-corrected chi connectivity index (χ3v) is 4.20. The van der Waals surface area contributed by atoms with Crippen molar-refractivity contribution in [3.8, 4) is 0 Å². The van der Waals surface area contributed by atoms with Crippen molar-refractivity contribution in [3.05, 3.63) is 35.9 Å². The van der Waals surface area contributed by atoms with Gasteiger partial charge < -0.3 is 10.6 Å². The van der Waals surface area contributed by atoms with Crippen molar-refractivity contribution in [1.82, 2.24) is 4.90 Å². The van der Waals surface area contributed by atoms with E-state index in [2.05, 4.69) is 37.3 Å². The molecule has 2 atom stereocenters. The first kappa shape index (κ1) is 14.1. The van der Waals surface area contributed by atoms with Crippen LogP contribution in [0, 0.1) is 5.92 Å². The summed E-state index contributed by atoms with van der Waals surface area (Å²) in [5, 5.41) is 0. The van der Waals surface area contributed by atoms with Crippen molar-refractivity contribution in [3.63, 3.8) is 0 Å². The van der Waals surface area contributed by atoms with Crippen molar-refractivity contribution in [2.24, 2.45) is 11.7 Å². The lowest BCUT2D eigenvalue weighted by molar-refractivity contribution is -0.133. The highest BCUT2D eigenvalue weighted by molar-refractivity contribution is 5.76. The van der Waals surface area contributed by atoms with Crippen LogP contribution in [-0.2, 0) is 4.79 Å². The fourth-order valence-electron chi connectivity index (χ4n) is 3.09. The highest BCUT2D eigenvalue weighted by Crippen LogP contribution is 2.34. The van der Waals surface area contributed by atoms with Crippen LogP contribution in [0.15, 0.2) is 30.3 Å². The maximum atomic E-state index is 11.9. The number of nitrogens with two attached hydrogens (primary N) is 1. The molecule has 1 aliphatic rings. The van der Waals surface area contributed by atoms with E-state index in [1.54, 1.807) is 0 Å². The van der Waals surface area contributed by atoms with Crippen molar-refractivity contribution in [1.29, 1.82) is 0 Å². The minimum atomic E-state index is 0.215. The van der Waals surface area contributed by atoms with Gasteiger partial charge in [0.15, 0.2) is 0 Å². The lowest BCUT2D eigenvalue weighted by atomic mass is 9.79. The lowest BCUT2D eigenvalue weighted by Crippen LogP contribution is -2.43. The number of hydrogen-bond donors (Lipinski definition) is 1. The lowest BCUT2D eigenvalue weighted by Gasteiger charge is -2.38. The molecule has 0 radical (unpaired) electrons. The number of amides is 1. The Morgan fingerprint density at radius 3 is 2.74 bits per heavy atom. The van der Waals surface area contributed by atoms with Gasteiger partial charge in [0.1, 0.15) is 0 Å². The molecule has 0 saturated carbocycles. The van der Waals surface area contributed by atoms with Crippen LogP contribution in [0.1, 0.15) is 37.7 Å². The van der Waals surface area contributed by atoms with E-state index in [4.69, 9.17) is 5.73 Å². The van der Waals surface area contributed by atoms with Crippen LogP contribution < -0.4 is 5.73 Å². The first-order valence-corrected chi connectivity index (χ1v) is 7.29. The number of nitrogens with zero attached hydrogens (tertiary/aromatic N) is 1. The molecule has 1 aliphatic heterocycles.